The minimum Gasteiger partial charge on any atom is -0.455 e. The van der Waals surface area contributed by atoms with Crippen molar-refractivity contribution < 1.29 is 32.2 Å². The third-order valence-electron chi connectivity index (χ3n) is 2.84. The number of esters is 1. The predicted octanol–water partition coefficient (Wildman–Crippen LogP) is 3.86. The Hall–Kier alpha value is -2.68. The van der Waals surface area contributed by atoms with Crippen molar-refractivity contribution in [2.45, 2.75) is 11.3 Å². The zero-order valence-electron chi connectivity index (χ0n) is 13.3. The quantitative estimate of drug-likeness (QED) is 0.579. The van der Waals surface area contributed by atoms with Gasteiger partial charge in [-0.05, 0) is 36.4 Å². The van der Waals surface area contributed by atoms with E-state index in [-0.39, 0.29) is 11.4 Å². The molecule has 26 heavy (non-hydrogen) atoms. The van der Waals surface area contributed by atoms with E-state index in [1.807, 2.05) is 30.3 Å². The van der Waals surface area contributed by atoms with Crippen LogP contribution < -0.4 is 10.1 Å². The van der Waals surface area contributed by atoms with E-state index in [1.165, 1.54) is 23.9 Å². The van der Waals surface area contributed by atoms with Crippen LogP contribution in [0.15, 0.2) is 59.5 Å². The Balaban J connectivity index is 1.72. The highest BCUT2D eigenvalue weighted by Crippen LogP contribution is 2.24. The summed E-state index contributed by atoms with van der Waals surface area (Å²) in [6.45, 7) is -0.491. The average molecular weight is 385 g/mol. The lowest BCUT2D eigenvalue weighted by molar-refractivity contribution is -0.274. The number of rotatable bonds is 7. The Morgan fingerprint density at radius 1 is 1.00 bits per heavy atom. The number of thioether (sulfide) groups is 1. The second-order valence-corrected chi connectivity index (χ2v) is 5.93. The molecule has 0 aliphatic heterocycles. The summed E-state index contributed by atoms with van der Waals surface area (Å²) in [5, 5.41) is 2.40. The zero-order chi connectivity index (χ0) is 19.0. The summed E-state index contributed by atoms with van der Waals surface area (Å²) >= 11 is 1.28. The number of ether oxygens (including phenoxy) is 2. The lowest BCUT2D eigenvalue weighted by Crippen LogP contribution is -2.21. The van der Waals surface area contributed by atoms with Crippen LogP contribution in [0.25, 0.3) is 0 Å². The number of nitrogens with one attached hydrogen (secondary N) is 1. The molecule has 5 nitrogen and oxygen atoms in total. The summed E-state index contributed by atoms with van der Waals surface area (Å²) in [6.07, 6.45) is -4.78. The van der Waals surface area contributed by atoms with E-state index >= 15 is 0 Å². The molecule has 0 saturated heterocycles. The van der Waals surface area contributed by atoms with Gasteiger partial charge in [0.25, 0.3) is 5.91 Å². The van der Waals surface area contributed by atoms with Crippen LogP contribution >= 0.6 is 11.8 Å². The van der Waals surface area contributed by atoms with E-state index in [9.17, 15) is 22.8 Å². The number of benzene rings is 2. The van der Waals surface area contributed by atoms with Crippen LogP contribution in [-0.4, -0.2) is 30.6 Å². The number of amides is 1. The largest absolute Gasteiger partial charge is 0.573 e. The molecular formula is C17H14F3NO4S. The molecule has 0 heterocycles. The average Bonchev–Trinajstić information content (AvgIpc) is 2.59. The van der Waals surface area contributed by atoms with Crippen molar-refractivity contribution in [1.29, 1.82) is 0 Å². The van der Waals surface area contributed by atoms with E-state index in [4.69, 9.17) is 4.74 Å². The fourth-order valence-electron chi connectivity index (χ4n) is 1.78. The van der Waals surface area contributed by atoms with Crippen molar-refractivity contribution >= 4 is 29.3 Å². The summed E-state index contributed by atoms with van der Waals surface area (Å²) < 4.78 is 44.7. The van der Waals surface area contributed by atoms with E-state index in [2.05, 4.69) is 10.1 Å². The minimum absolute atomic E-state index is 0.0563. The van der Waals surface area contributed by atoms with Gasteiger partial charge in [-0.25, -0.2) is 0 Å². The van der Waals surface area contributed by atoms with Crippen molar-refractivity contribution in [1.82, 2.24) is 0 Å². The SMILES string of the molecule is O=C(COC(=O)CSc1ccccc1)Nc1ccc(OC(F)(F)F)cc1. The highest BCUT2D eigenvalue weighted by Gasteiger charge is 2.30. The van der Waals surface area contributed by atoms with Crippen LogP contribution in [0.1, 0.15) is 0 Å². The first-order chi connectivity index (χ1) is 12.3. The minimum atomic E-state index is -4.78. The lowest BCUT2D eigenvalue weighted by Gasteiger charge is -2.10. The lowest BCUT2D eigenvalue weighted by atomic mass is 10.3. The number of carbonyl (C=O) groups is 2. The first kappa shape index (κ1) is 19.6. The number of carbonyl (C=O) groups excluding carboxylic acids is 2. The molecule has 2 rings (SSSR count). The molecule has 2 aromatic rings. The van der Waals surface area contributed by atoms with Crippen molar-refractivity contribution in [3.8, 4) is 5.75 Å². The van der Waals surface area contributed by atoms with Gasteiger partial charge in [-0.3, -0.25) is 9.59 Å². The zero-order valence-corrected chi connectivity index (χ0v) is 14.1. The monoisotopic (exact) mass is 385 g/mol. The maximum absolute atomic E-state index is 12.1. The van der Waals surface area contributed by atoms with E-state index in [1.54, 1.807) is 0 Å². The third-order valence-corrected chi connectivity index (χ3v) is 3.82. The Bertz CT molecular complexity index is 736. The van der Waals surface area contributed by atoms with Crippen molar-refractivity contribution in [2.75, 3.05) is 17.7 Å². The Morgan fingerprint density at radius 2 is 1.65 bits per heavy atom. The summed E-state index contributed by atoms with van der Waals surface area (Å²) in [5.74, 6) is -1.50. The normalized spacial score (nSPS) is 10.9. The van der Waals surface area contributed by atoms with Crippen molar-refractivity contribution in [3.63, 3.8) is 0 Å². The summed E-state index contributed by atoms with van der Waals surface area (Å²) in [7, 11) is 0. The predicted molar refractivity (Wildman–Crippen MR) is 89.9 cm³/mol. The van der Waals surface area contributed by atoms with Gasteiger partial charge in [-0.1, -0.05) is 18.2 Å². The van der Waals surface area contributed by atoms with Gasteiger partial charge in [0.05, 0.1) is 5.75 Å². The van der Waals surface area contributed by atoms with Gasteiger partial charge in [0.2, 0.25) is 0 Å². The molecule has 0 atom stereocenters. The molecule has 1 amide bonds. The molecule has 1 N–H and O–H groups in total. The highest BCUT2D eigenvalue weighted by molar-refractivity contribution is 8.00. The Labute approximate surface area is 151 Å². The fraction of sp³-hybridized carbons (Fsp3) is 0.176. The highest BCUT2D eigenvalue weighted by atomic mass is 32.2. The van der Waals surface area contributed by atoms with Crippen LogP contribution in [0.2, 0.25) is 0 Å². The Morgan fingerprint density at radius 3 is 2.27 bits per heavy atom. The van der Waals surface area contributed by atoms with Crippen LogP contribution in [0.4, 0.5) is 18.9 Å². The van der Waals surface area contributed by atoms with E-state index in [0.717, 1.165) is 17.0 Å². The van der Waals surface area contributed by atoms with Gasteiger partial charge in [0.1, 0.15) is 5.75 Å². The molecule has 0 aromatic heterocycles. The molecule has 138 valence electrons. The van der Waals surface area contributed by atoms with Crippen LogP contribution in [0.3, 0.4) is 0 Å². The molecule has 2 aromatic carbocycles. The molecular weight excluding hydrogens is 371 g/mol. The van der Waals surface area contributed by atoms with Gasteiger partial charge >= 0.3 is 12.3 Å². The van der Waals surface area contributed by atoms with Crippen LogP contribution in [0.5, 0.6) is 5.75 Å². The van der Waals surface area contributed by atoms with Gasteiger partial charge in [-0.15, -0.1) is 24.9 Å². The van der Waals surface area contributed by atoms with Crippen molar-refractivity contribution in [2.24, 2.45) is 0 Å². The smallest absolute Gasteiger partial charge is 0.455 e. The summed E-state index contributed by atoms with van der Waals surface area (Å²) in [5.41, 5.74) is 0.249. The first-order valence-corrected chi connectivity index (χ1v) is 8.29. The van der Waals surface area contributed by atoms with Gasteiger partial charge in [0, 0.05) is 10.6 Å². The van der Waals surface area contributed by atoms with Crippen LogP contribution in [0, 0.1) is 0 Å². The molecule has 0 aliphatic carbocycles. The maximum atomic E-state index is 12.1. The molecule has 0 unspecified atom stereocenters. The molecule has 0 bridgehead atoms. The van der Waals surface area contributed by atoms with Gasteiger partial charge < -0.3 is 14.8 Å². The number of halogens is 3. The van der Waals surface area contributed by atoms with Crippen molar-refractivity contribution in [3.05, 3.63) is 54.6 Å². The molecule has 0 saturated carbocycles. The molecule has 0 radical (unpaired) electrons. The second kappa shape index (κ2) is 9.14. The van der Waals surface area contributed by atoms with Gasteiger partial charge in [-0.2, -0.15) is 0 Å². The molecule has 9 heteroatoms. The van der Waals surface area contributed by atoms with E-state index < -0.39 is 30.6 Å². The molecule has 0 spiro atoms. The standard InChI is InChI=1S/C17H14F3NO4S/c18-17(19,20)25-13-8-6-12(7-9-13)21-15(22)10-24-16(23)11-26-14-4-2-1-3-5-14/h1-9H,10-11H2,(H,21,22). The molecule has 0 fully saturated rings. The summed E-state index contributed by atoms with van der Waals surface area (Å²) in [6, 6.07) is 13.8. The number of anilines is 1. The number of alkyl halides is 3. The molecule has 0 aliphatic rings. The van der Waals surface area contributed by atoms with Crippen LogP contribution in [-0.2, 0) is 14.3 Å². The van der Waals surface area contributed by atoms with Gasteiger partial charge in [0.15, 0.2) is 6.61 Å². The Kier molecular flexibility index (Phi) is 6.90. The maximum Gasteiger partial charge on any atom is 0.573 e. The number of hydrogen-bond donors (Lipinski definition) is 1. The third kappa shape index (κ3) is 7.47. The second-order valence-electron chi connectivity index (χ2n) is 4.88. The van der Waals surface area contributed by atoms with E-state index in [0.29, 0.717) is 0 Å². The fourth-order valence-corrected chi connectivity index (χ4v) is 2.50. The first-order valence-electron chi connectivity index (χ1n) is 7.31. The number of hydrogen-bond acceptors (Lipinski definition) is 5. The topological polar surface area (TPSA) is 64.6 Å². The summed E-state index contributed by atoms with van der Waals surface area (Å²) in [4.78, 5) is 24.2.